The van der Waals surface area contributed by atoms with Crippen LogP contribution in [-0.4, -0.2) is 34.2 Å². The summed E-state index contributed by atoms with van der Waals surface area (Å²) < 4.78 is 7.52. The summed E-state index contributed by atoms with van der Waals surface area (Å²) in [6, 6.07) is 24.7. The highest BCUT2D eigenvalue weighted by molar-refractivity contribution is 6.01. The molecule has 0 radical (unpaired) electrons. The van der Waals surface area contributed by atoms with Crippen LogP contribution < -0.4 is 15.5 Å². The van der Waals surface area contributed by atoms with Crippen LogP contribution in [0.5, 0.6) is 5.75 Å². The molecule has 37 heavy (non-hydrogen) atoms. The van der Waals surface area contributed by atoms with Gasteiger partial charge in [0.2, 0.25) is 5.91 Å². The minimum atomic E-state index is -0.398. The number of rotatable bonds is 8. The van der Waals surface area contributed by atoms with Crippen LogP contribution in [0.15, 0.2) is 96.4 Å². The van der Waals surface area contributed by atoms with Crippen LogP contribution in [0, 0.1) is 6.92 Å². The largest absolute Gasteiger partial charge is 0.481 e. The van der Waals surface area contributed by atoms with Gasteiger partial charge in [-0.3, -0.25) is 14.6 Å². The summed E-state index contributed by atoms with van der Waals surface area (Å²) in [4.78, 5) is 29.3. The monoisotopic (exact) mass is 491 g/mol. The van der Waals surface area contributed by atoms with Gasteiger partial charge in [0.05, 0.1) is 6.21 Å². The number of nitrogens with zero attached hydrogens (tertiary/aromatic N) is 3. The molecule has 5 aromatic rings. The maximum Gasteiger partial charge on any atom is 0.277 e. The van der Waals surface area contributed by atoms with Gasteiger partial charge in [0.1, 0.15) is 17.8 Å². The van der Waals surface area contributed by atoms with E-state index in [0.717, 1.165) is 33.1 Å². The Bertz CT molecular complexity index is 1620. The first kappa shape index (κ1) is 23.7. The normalized spacial score (nSPS) is 11.2. The highest BCUT2D eigenvalue weighted by Gasteiger charge is 2.11. The zero-order chi connectivity index (χ0) is 25.6. The van der Waals surface area contributed by atoms with Crippen molar-refractivity contribution in [2.24, 2.45) is 5.10 Å². The van der Waals surface area contributed by atoms with Gasteiger partial charge < -0.3 is 14.6 Å². The molecule has 0 aliphatic rings. The predicted molar refractivity (Wildman–Crippen MR) is 145 cm³/mol. The number of amides is 2. The quantitative estimate of drug-likeness (QED) is 0.244. The van der Waals surface area contributed by atoms with Crippen LogP contribution in [0.25, 0.3) is 21.8 Å². The molecular formula is C29H25N5O3. The van der Waals surface area contributed by atoms with Gasteiger partial charge in [-0.1, -0.05) is 48.5 Å². The van der Waals surface area contributed by atoms with Crippen molar-refractivity contribution in [3.05, 3.63) is 102 Å². The summed E-state index contributed by atoms with van der Waals surface area (Å²) in [7, 11) is 0. The lowest BCUT2D eigenvalue weighted by Crippen LogP contribution is -2.24. The smallest absolute Gasteiger partial charge is 0.277 e. The van der Waals surface area contributed by atoms with Crippen molar-refractivity contribution in [1.29, 1.82) is 0 Å². The molecule has 8 nitrogen and oxygen atoms in total. The van der Waals surface area contributed by atoms with Gasteiger partial charge >= 0.3 is 0 Å². The van der Waals surface area contributed by atoms with Crippen molar-refractivity contribution in [1.82, 2.24) is 15.0 Å². The number of aromatic nitrogens is 2. The van der Waals surface area contributed by atoms with E-state index in [9.17, 15) is 9.59 Å². The number of fused-ring (bicyclic) bond motifs is 2. The molecule has 0 unspecified atom stereocenters. The predicted octanol–water partition coefficient (Wildman–Crippen LogP) is 4.67. The van der Waals surface area contributed by atoms with E-state index in [1.165, 1.54) is 0 Å². The number of carbonyl (C=O) groups is 2. The number of anilines is 1. The second-order valence-electron chi connectivity index (χ2n) is 8.56. The highest BCUT2D eigenvalue weighted by atomic mass is 16.5. The molecule has 0 bridgehead atoms. The Morgan fingerprint density at radius 3 is 2.73 bits per heavy atom. The molecule has 0 spiro atoms. The standard InChI is InChI=1S/C29H25N5O3/c1-20-7-4-10-23(15-20)32-27(35)18-34-17-22(24-11-2-3-12-25(24)34)16-31-33-28(36)19-37-26-13-5-8-21-9-6-14-30-29(21)26/h2-17H,18-19H2,1H3,(H,32,35)(H,33,36). The molecule has 8 heteroatoms. The van der Waals surface area contributed by atoms with E-state index in [1.54, 1.807) is 18.5 Å². The van der Waals surface area contributed by atoms with Crippen LogP contribution in [-0.2, 0) is 16.1 Å². The second kappa shape index (κ2) is 10.7. The Morgan fingerprint density at radius 1 is 1.00 bits per heavy atom. The number of hydrazone groups is 1. The molecule has 5 rings (SSSR count). The van der Waals surface area contributed by atoms with Gasteiger partial charge in [-0.2, -0.15) is 5.10 Å². The van der Waals surface area contributed by atoms with E-state index in [2.05, 4.69) is 20.8 Å². The maximum atomic E-state index is 12.7. The SMILES string of the molecule is Cc1cccc(NC(=O)Cn2cc(C=NNC(=O)COc3cccc4cccnc34)c3ccccc32)c1. The maximum absolute atomic E-state index is 12.7. The zero-order valence-electron chi connectivity index (χ0n) is 20.2. The van der Waals surface area contributed by atoms with E-state index >= 15 is 0 Å². The Morgan fingerprint density at radius 2 is 1.84 bits per heavy atom. The average Bonchev–Trinajstić information content (AvgIpc) is 3.24. The van der Waals surface area contributed by atoms with Crippen LogP contribution in [0.3, 0.4) is 0 Å². The summed E-state index contributed by atoms with van der Waals surface area (Å²) in [6.07, 6.45) is 5.09. The minimum Gasteiger partial charge on any atom is -0.481 e. The number of aryl methyl sites for hydroxylation is 1. The summed E-state index contributed by atoms with van der Waals surface area (Å²) >= 11 is 0. The number of ether oxygens (including phenoxy) is 1. The van der Waals surface area contributed by atoms with Crippen molar-refractivity contribution in [2.75, 3.05) is 11.9 Å². The van der Waals surface area contributed by atoms with E-state index < -0.39 is 5.91 Å². The number of para-hydroxylation sites is 2. The number of pyridine rings is 1. The number of carbonyl (C=O) groups excluding carboxylic acids is 2. The average molecular weight is 492 g/mol. The molecule has 0 atom stereocenters. The molecule has 0 aliphatic carbocycles. The fourth-order valence-corrected chi connectivity index (χ4v) is 4.13. The van der Waals surface area contributed by atoms with Crippen LogP contribution in [0.4, 0.5) is 5.69 Å². The molecule has 2 amide bonds. The molecule has 0 fully saturated rings. The fraction of sp³-hybridized carbons (Fsp3) is 0.103. The first-order valence-electron chi connectivity index (χ1n) is 11.8. The lowest BCUT2D eigenvalue weighted by atomic mass is 10.2. The Balaban J connectivity index is 1.23. The van der Waals surface area contributed by atoms with Gasteiger partial charge in [0, 0.05) is 39.9 Å². The lowest BCUT2D eigenvalue weighted by molar-refractivity contribution is -0.123. The van der Waals surface area contributed by atoms with Crippen molar-refractivity contribution >= 4 is 45.5 Å². The molecule has 2 aromatic heterocycles. The molecule has 0 saturated heterocycles. The summed E-state index contributed by atoms with van der Waals surface area (Å²) in [5, 5.41) is 8.89. The molecule has 184 valence electrons. The minimum absolute atomic E-state index is 0.136. The highest BCUT2D eigenvalue weighted by Crippen LogP contribution is 2.23. The van der Waals surface area contributed by atoms with Gasteiger partial charge in [0.25, 0.3) is 5.91 Å². The number of hydrogen-bond donors (Lipinski definition) is 2. The van der Waals surface area contributed by atoms with E-state index in [0.29, 0.717) is 11.3 Å². The van der Waals surface area contributed by atoms with Crippen molar-refractivity contribution in [3.8, 4) is 5.75 Å². The van der Waals surface area contributed by atoms with E-state index in [1.807, 2.05) is 90.5 Å². The Kier molecular flexibility index (Phi) is 6.89. The molecular weight excluding hydrogens is 466 g/mol. The van der Waals surface area contributed by atoms with Crippen molar-refractivity contribution in [3.63, 3.8) is 0 Å². The van der Waals surface area contributed by atoms with E-state index in [4.69, 9.17) is 4.74 Å². The third-order valence-electron chi connectivity index (χ3n) is 5.78. The Hall–Kier alpha value is -4.98. The molecule has 0 aliphatic heterocycles. The number of benzene rings is 3. The summed E-state index contributed by atoms with van der Waals surface area (Å²) in [6.45, 7) is 1.92. The number of nitrogens with one attached hydrogen (secondary N) is 2. The molecule has 2 N–H and O–H groups in total. The van der Waals surface area contributed by atoms with Gasteiger partial charge in [0.15, 0.2) is 6.61 Å². The lowest BCUT2D eigenvalue weighted by Gasteiger charge is -2.08. The van der Waals surface area contributed by atoms with Crippen LogP contribution >= 0.6 is 0 Å². The van der Waals surface area contributed by atoms with Gasteiger partial charge in [-0.05, 0) is 42.8 Å². The topological polar surface area (TPSA) is 97.6 Å². The van der Waals surface area contributed by atoms with Gasteiger partial charge in [-0.15, -0.1) is 0 Å². The Labute approximate surface area is 213 Å². The first-order valence-corrected chi connectivity index (χ1v) is 11.8. The molecule has 3 aromatic carbocycles. The van der Waals surface area contributed by atoms with Crippen LogP contribution in [0.2, 0.25) is 0 Å². The summed E-state index contributed by atoms with van der Waals surface area (Å²) in [5.74, 6) is -0.00193. The summed E-state index contributed by atoms with van der Waals surface area (Å²) in [5.41, 5.74) is 6.69. The zero-order valence-corrected chi connectivity index (χ0v) is 20.2. The van der Waals surface area contributed by atoms with Crippen molar-refractivity contribution in [2.45, 2.75) is 13.5 Å². The van der Waals surface area contributed by atoms with E-state index in [-0.39, 0.29) is 19.1 Å². The third kappa shape index (κ3) is 5.65. The van der Waals surface area contributed by atoms with Crippen LogP contribution in [0.1, 0.15) is 11.1 Å². The molecule has 0 saturated carbocycles. The van der Waals surface area contributed by atoms with Gasteiger partial charge in [-0.25, -0.2) is 5.43 Å². The second-order valence-corrected chi connectivity index (χ2v) is 8.56. The number of hydrogen-bond acceptors (Lipinski definition) is 5. The first-order chi connectivity index (χ1) is 18.1. The molecule has 2 heterocycles. The third-order valence-corrected chi connectivity index (χ3v) is 5.78. The van der Waals surface area contributed by atoms with Crippen molar-refractivity contribution < 1.29 is 14.3 Å². The fourth-order valence-electron chi connectivity index (χ4n) is 4.13.